The van der Waals surface area contributed by atoms with Crippen molar-refractivity contribution >= 4 is 29.9 Å². The SMILES string of the molecule is C[Se](=O)c1ccccc1C(=O)Nc1ccc(F)cc1. The summed E-state index contributed by atoms with van der Waals surface area (Å²) in [7, 11) is 0. The fraction of sp³-hybridized carbons (Fsp3) is 0.0714. The maximum atomic E-state index is 12.8. The van der Waals surface area contributed by atoms with Crippen LogP contribution in [0.2, 0.25) is 5.82 Å². The van der Waals surface area contributed by atoms with E-state index in [2.05, 4.69) is 5.32 Å². The van der Waals surface area contributed by atoms with Gasteiger partial charge in [0.1, 0.15) is 0 Å². The number of carbonyl (C=O) groups is 1. The minimum atomic E-state index is -2.18. The van der Waals surface area contributed by atoms with Crippen molar-refractivity contribution in [2.45, 2.75) is 5.82 Å². The van der Waals surface area contributed by atoms with Gasteiger partial charge in [-0.05, 0) is 0 Å². The molecule has 0 bridgehead atoms. The van der Waals surface area contributed by atoms with Crippen molar-refractivity contribution in [3.05, 3.63) is 59.9 Å². The van der Waals surface area contributed by atoms with E-state index in [1.165, 1.54) is 24.3 Å². The van der Waals surface area contributed by atoms with E-state index in [0.717, 1.165) is 0 Å². The molecule has 0 aliphatic heterocycles. The molecule has 0 fully saturated rings. The maximum absolute atomic E-state index is 12.8. The fourth-order valence-electron chi connectivity index (χ4n) is 1.64. The topological polar surface area (TPSA) is 46.2 Å². The average Bonchev–Trinajstić information content (AvgIpc) is 2.41. The van der Waals surface area contributed by atoms with Crippen LogP contribution in [0.25, 0.3) is 0 Å². The Bertz CT molecular complexity index is 626. The average molecular weight is 324 g/mol. The van der Waals surface area contributed by atoms with Gasteiger partial charge in [0.15, 0.2) is 0 Å². The van der Waals surface area contributed by atoms with E-state index in [4.69, 9.17) is 0 Å². The summed E-state index contributed by atoms with van der Waals surface area (Å²) in [5.74, 6) is 0.913. The third-order valence-corrected chi connectivity index (χ3v) is 4.59. The van der Waals surface area contributed by atoms with Gasteiger partial charge in [-0.3, -0.25) is 0 Å². The summed E-state index contributed by atoms with van der Waals surface area (Å²) >= 11 is -2.18. The van der Waals surface area contributed by atoms with E-state index in [1.807, 2.05) is 0 Å². The first-order chi connectivity index (χ1) is 9.08. The Balaban J connectivity index is 2.25. The van der Waals surface area contributed by atoms with Gasteiger partial charge in [-0.2, -0.15) is 0 Å². The third-order valence-electron chi connectivity index (χ3n) is 2.54. The van der Waals surface area contributed by atoms with Crippen LogP contribution in [-0.2, 0) is 3.83 Å². The fourth-order valence-corrected chi connectivity index (χ4v) is 3.19. The number of halogens is 1. The van der Waals surface area contributed by atoms with E-state index in [0.29, 0.717) is 15.7 Å². The molecule has 0 aliphatic carbocycles. The molecule has 0 aliphatic rings. The first kappa shape index (κ1) is 13.6. The second-order valence-corrected chi connectivity index (χ2v) is 6.74. The Kier molecular flexibility index (Phi) is 4.20. The molecular formula is C14H12FNO2Se. The zero-order valence-corrected chi connectivity index (χ0v) is 11.9. The second kappa shape index (κ2) is 5.87. The molecule has 19 heavy (non-hydrogen) atoms. The summed E-state index contributed by atoms with van der Waals surface area (Å²) < 4.78 is 25.0. The first-order valence-corrected chi connectivity index (χ1v) is 8.84. The zero-order chi connectivity index (χ0) is 13.8. The molecule has 5 heteroatoms. The van der Waals surface area contributed by atoms with Gasteiger partial charge in [0.25, 0.3) is 0 Å². The van der Waals surface area contributed by atoms with Gasteiger partial charge in [-0.15, -0.1) is 0 Å². The summed E-state index contributed by atoms with van der Waals surface area (Å²) in [6.45, 7) is 0. The molecule has 0 saturated heterocycles. The number of hydrogen-bond donors (Lipinski definition) is 1. The molecule has 0 radical (unpaired) electrons. The standard InChI is InChI=1S/C14H12FNO2Se/c1-19(18)13-5-3-2-4-12(13)14(17)16-11-8-6-10(15)7-9-11/h2-9H,1H3,(H,16,17). The Hall–Kier alpha value is -1.84. The molecule has 0 aromatic heterocycles. The summed E-state index contributed by atoms with van der Waals surface area (Å²) in [5, 5.41) is 2.66. The summed E-state index contributed by atoms with van der Waals surface area (Å²) in [6, 6.07) is 12.3. The molecule has 0 spiro atoms. The van der Waals surface area contributed by atoms with Crippen LogP contribution in [0.3, 0.4) is 0 Å². The van der Waals surface area contributed by atoms with Gasteiger partial charge in [-0.25, -0.2) is 0 Å². The summed E-state index contributed by atoms with van der Waals surface area (Å²) in [4.78, 5) is 12.1. The molecule has 1 amide bonds. The molecule has 0 saturated carbocycles. The van der Waals surface area contributed by atoms with Crippen molar-refractivity contribution in [3.8, 4) is 0 Å². The Morgan fingerprint density at radius 3 is 2.37 bits per heavy atom. The van der Waals surface area contributed by atoms with Crippen molar-refractivity contribution in [1.29, 1.82) is 0 Å². The van der Waals surface area contributed by atoms with Gasteiger partial charge in [-0.1, -0.05) is 0 Å². The monoisotopic (exact) mass is 325 g/mol. The van der Waals surface area contributed by atoms with Gasteiger partial charge < -0.3 is 0 Å². The summed E-state index contributed by atoms with van der Waals surface area (Å²) in [6.07, 6.45) is 0. The predicted molar refractivity (Wildman–Crippen MR) is 72.7 cm³/mol. The van der Waals surface area contributed by atoms with E-state index in [-0.39, 0.29) is 11.7 Å². The van der Waals surface area contributed by atoms with E-state index in [1.54, 1.807) is 30.1 Å². The molecule has 2 aromatic rings. The van der Waals surface area contributed by atoms with E-state index < -0.39 is 13.8 Å². The van der Waals surface area contributed by atoms with E-state index >= 15 is 0 Å². The Morgan fingerprint density at radius 2 is 1.74 bits per heavy atom. The molecule has 3 nitrogen and oxygen atoms in total. The molecule has 2 rings (SSSR count). The number of carbonyl (C=O) groups excluding carboxylic acids is 1. The number of amides is 1. The van der Waals surface area contributed by atoms with Crippen molar-refractivity contribution in [2.75, 3.05) is 5.32 Å². The van der Waals surface area contributed by atoms with Crippen molar-refractivity contribution < 1.29 is 13.0 Å². The number of anilines is 1. The first-order valence-electron chi connectivity index (χ1n) is 5.57. The van der Waals surface area contributed by atoms with Crippen molar-refractivity contribution in [3.63, 3.8) is 0 Å². The third kappa shape index (κ3) is 3.34. The number of benzene rings is 2. The van der Waals surface area contributed by atoms with Gasteiger partial charge in [0.2, 0.25) is 0 Å². The van der Waals surface area contributed by atoms with Crippen LogP contribution >= 0.6 is 0 Å². The van der Waals surface area contributed by atoms with Crippen LogP contribution in [0.15, 0.2) is 48.5 Å². The van der Waals surface area contributed by atoms with Gasteiger partial charge in [0.05, 0.1) is 0 Å². The Labute approximate surface area is 114 Å². The molecule has 1 N–H and O–H groups in total. The van der Waals surface area contributed by atoms with Crippen LogP contribution in [0.5, 0.6) is 0 Å². The normalized spacial score (nSPS) is 11.9. The van der Waals surface area contributed by atoms with Crippen LogP contribution in [0, 0.1) is 5.82 Å². The molecular weight excluding hydrogens is 312 g/mol. The molecule has 1 unspecified atom stereocenters. The van der Waals surface area contributed by atoms with Crippen LogP contribution < -0.4 is 9.78 Å². The van der Waals surface area contributed by atoms with Gasteiger partial charge >= 0.3 is 114 Å². The summed E-state index contributed by atoms with van der Waals surface area (Å²) in [5.41, 5.74) is 0.897. The molecule has 1 atom stereocenters. The quantitative estimate of drug-likeness (QED) is 0.881. The minimum absolute atomic E-state index is 0.339. The predicted octanol–water partition coefficient (Wildman–Crippen LogP) is 2.34. The number of rotatable bonds is 3. The van der Waals surface area contributed by atoms with E-state index in [9.17, 15) is 13.0 Å². The second-order valence-electron chi connectivity index (χ2n) is 3.91. The van der Waals surface area contributed by atoms with Crippen LogP contribution in [0.4, 0.5) is 10.1 Å². The Morgan fingerprint density at radius 1 is 1.11 bits per heavy atom. The zero-order valence-electron chi connectivity index (χ0n) is 10.2. The van der Waals surface area contributed by atoms with Crippen LogP contribution in [0.1, 0.15) is 10.4 Å². The molecule has 2 aromatic carbocycles. The molecule has 0 heterocycles. The van der Waals surface area contributed by atoms with Crippen LogP contribution in [-0.4, -0.2) is 19.7 Å². The van der Waals surface area contributed by atoms with Crippen molar-refractivity contribution in [1.82, 2.24) is 0 Å². The van der Waals surface area contributed by atoms with Gasteiger partial charge in [0, 0.05) is 0 Å². The molecule has 98 valence electrons. The number of nitrogens with one attached hydrogen (secondary N) is 1. The number of hydrogen-bond acceptors (Lipinski definition) is 2. The van der Waals surface area contributed by atoms with Crippen molar-refractivity contribution in [2.24, 2.45) is 0 Å².